The van der Waals surface area contributed by atoms with Crippen LogP contribution in [0.4, 0.5) is 0 Å². The zero-order chi connectivity index (χ0) is 25.5. The van der Waals surface area contributed by atoms with E-state index in [4.69, 9.17) is 16.3 Å². The molecule has 3 fully saturated rings. The van der Waals surface area contributed by atoms with Crippen LogP contribution in [0.15, 0.2) is 46.9 Å². The number of carbonyl (C=O) groups excluding carboxylic acids is 2. The number of carbonyl (C=O) groups is 2. The number of ether oxygens (including phenoxy) is 1. The van der Waals surface area contributed by atoms with Crippen LogP contribution in [-0.4, -0.2) is 55.4 Å². The Labute approximate surface area is 240 Å². The van der Waals surface area contributed by atoms with Crippen LogP contribution in [0.5, 0.6) is 5.75 Å². The Morgan fingerprint density at radius 2 is 1.81 bits per heavy atom. The molecule has 2 aliphatic carbocycles. The van der Waals surface area contributed by atoms with Crippen LogP contribution in [0.3, 0.4) is 0 Å². The van der Waals surface area contributed by atoms with Crippen molar-refractivity contribution in [3.05, 3.63) is 63.1 Å². The predicted octanol–water partition coefficient (Wildman–Crippen LogP) is 6.44. The third kappa shape index (κ3) is 5.41. The molecule has 2 aromatic rings. The number of rotatable bonds is 7. The highest BCUT2D eigenvalue weighted by molar-refractivity contribution is 9.10. The number of halogens is 2. The average Bonchev–Trinajstić information content (AvgIpc) is 3.50. The molecule has 0 bridgehead atoms. The van der Waals surface area contributed by atoms with Gasteiger partial charge in [0.1, 0.15) is 5.75 Å². The topological polar surface area (TPSA) is 49.9 Å². The van der Waals surface area contributed by atoms with Crippen LogP contribution in [-0.2, 0) is 10.2 Å². The van der Waals surface area contributed by atoms with Crippen molar-refractivity contribution in [3.8, 4) is 5.75 Å². The number of hydrogen-bond acceptors (Lipinski definition) is 3. The highest BCUT2D eigenvalue weighted by Crippen LogP contribution is 2.61. The van der Waals surface area contributed by atoms with Gasteiger partial charge in [0.05, 0.1) is 22.6 Å². The Kier molecular flexibility index (Phi) is 8.56. The van der Waals surface area contributed by atoms with Crippen LogP contribution >= 0.6 is 41.0 Å². The van der Waals surface area contributed by atoms with E-state index in [1.165, 1.54) is 11.3 Å². The van der Waals surface area contributed by atoms with Gasteiger partial charge in [0, 0.05) is 31.7 Å². The lowest BCUT2D eigenvalue weighted by Gasteiger charge is -2.46. The Morgan fingerprint density at radius 1 is 1.11 bits per heavy atom. The summed E-state index contributed by atoms with van der Waals surface area (Å²) in [5.41, 5.74) is 1.68. The molecule has 0 unspecified atom stereocenters. The van der Waals surface area contributed by atoms with Gasteiger partial charge in [-0.1, -0.05) is 52.2 Å². The molecule has 1 atom stereocenters. The van der Waals surface area contributed by atoms with Gasteiger partial charge >= 0.3 is 0 Å². The molecule has 1 saturated heterocycles. The largest absolute Gasteiger partial charge is 0.494 e. The van der Waals surface area contributed by atoms with E-state index < -0.39 is 0 Å². The standard InChI is InChI=1S/C29H34BrClN2O3.H2S/c1-32(2)26(34)22-9-8-21(18-25(22)31)36-17-10-20-19-28(20)13-15-33(16-14-28)27(35)29(11-5-12-29)23-6-3-4-7-24(23)30;/h3-4,6-9,18,20H,5,10-17,19H2,1-2H3;1H2/t20-;/m1./s1. The molecule has 37 heavy (non-hydrogen) atoms. The molecule has 0 radical (unpaired) electrons. The monoisotopic (exact) mass is 606 g/mol. The van der Waals surface area contributed by atoms with E-state index in [-0.39, 0.29) is 24.8 Å². The molecule has 2 amide bonds. The van der Waals surface area contributed by atoms with Gasteiger partial charge in [-0.15, -0.1) is 0 Å². The minimum absolute atomic E-state index is 0. The van der Waals surface area contributed by atoms with Crippen molar-refractivity contribution < 1.29 is 14.3 Å². The number of benzene rings is 2. The molecule has 1 heterocycles. The number of amides is 2. The number of hydrogen-bond donors (Lipinski definition) is 0. The van der Waals surface area contributed by atoms with Gasteiger partial charge in [0.2, 0.25) is 5.91 Å². The summed E-state index contributed by atoms with van der Waals surface area (Å²) in [5.74, 6) is 1.56. The van der Waals surface area contributed by atoms with Gasteiger partial charge in [-0.05, 0) is 79.7 Å². The molecule has 2 aromatic carbocycles. The summed E-state index contributed by atoms with van der Waals surface area (Å²) in [5, 5.41) is 0.415. The van der Waals surface area contributed by atoms with Crippen molar-refractivity contribution >= 4 is 52.8 Å². The molecule has 3 aliphatic rings. The molecular formula is C29H36BrClN2O3S. The van der Waals surface area contributed by atoms with Gasteiger partial charge in [-0.3, -0.25) is 9.59 Å². The van der Waals surface area contributed by atoms with Gasteiger partial charge in [-0.25, -0.2) is 0 Å². The summed E-state index contributed by atoms with van der Waals surface area (Å²) in [6.45, 7) is 2.36. The Bertz CT molecular complexity index is 1160. The first kappa shape index (κ1) is 28.3. The van der Waals surface area contributed by atoms with Crippen LogP contribution in [0.25, 0.3) is 0 Å². The summed E-state index contributed by atoms with van der Waals surface area (Å²) < 4.78 is 7.02. The average molecular weight is 608 g/mol. The lowest BCUT2D eigenvalue weighted by molar-refractivity contribution is -0.142. The lowest BCUT2D eigenvalue weighted by Crippen LogP contribution is -2.53. The van der Waals surface area contributed by atoms with Crippen LogP contribution in [0.2, 0.25) is 5.02 Å². The molecule has 200 valence electrons. The number of likely N-dealkylation sites (tertiary alicyclic amines) is 1. The third-order valence-corrected chi connectivity index (χ3v) is 9.73. The van der Waals surface area contributed by atoms with Crippen molar-refractivity contribution in [1.82, 2.24) is 9.80 Å². The van der Waals surface area contributed by atoms with E-state index in [0.29, 0.717) is 40.2 Å². The molecule has 8 heteroatoms. The Balaban J connectivity index is 0.00000320. The quantitative estimate of drug-likeness (QED) is 0.364. The van der Waals surface area contributed by atoms with Crippen molar-refractivity contribution in [2.24, 2.45) is 11.3 Å². The molecule has 5 rings (SSSR count). The fraction of sp³-hybridized carbons (Fsp3) is 0.517. The minimum atomic E-state index is -0.338. The fourth-order valence-electron chi connectivity index (χ4n) is 6.21. The van der Waals surface area contributed by atoms with E-state index in [0.717, 1.165) is 61.7 Å². The second-order valence-corrected chi connectivity index (χ2v) is 12.2. The Morgan fingerprint density at radius 3 is 2.41 bits per heavy atom. The van der Waals surface area contributed by atoms with Crippen molar-refractivity contribution in [2.45, 2.75) is 50.4 Å². The van der Waals surface area contributed by atoms with E-state index in [9.17, 15) is 9.59 Å². The van der Waals surface area contributed by atoms with Crippen LogP contribution in [0, 0.1) is 11.3 Å². The molecule has 1 aliphatic heterocycles. The predicted molar refractivity (Wildman–Crippen MR) is 156 cm³/mol. The normalized spacial score (nSPS) is 21.0. The zero-order valence-corrected chi connectivity index (χ0v) is 24.9. The molecule has 1 spiro atoms. The molecule has 0 aromatic heterocycles. The molecule has 5 nitrogen and oxygen atoms in total. The second-order valence-electron chi connectivity index (χ2n) is 10.9. The van der Waals surface area contributed by atoms with Gasteiger partial charge in [0.25, 0.3) is 5.91 Å². The maximum absolute atomic E-state index is 13.7. The minimum Gasteiger partial charge on any atom is -0.494 e. The van der Waals surface area contributed by atoms with Crippen LogP contribution < -0.4 is 4.74 Å². The second kappa shape index (κ2) is 11.2. The third-order valence-electron chi connectivity index (χ3n) is 8.72. The number of nitrogens with zero attached hydrogens (tertiary/aromatic N) is 2. The summed E-state index contributed by atoms with van der Waals surface area (Å²) in [6.07, 6.45) is 7.42. The van der Waals surface area contributed by atoms with E-state index in [2.05, 4.69) is 33.0 Å². The lowest BCUT2D eigenvalue weighted by atomic mass is 9.63. The molecule has 2 saturated carbocycles. The highest BCUT2D eigenvalue weighted by Gasteiger charge is 2.56. The first-order chi connectivity index (χ1) is 17.3. The van der Waals surface area contributed by atoms with Gasteiger partial charge in [0.15, 0.2) is 0 Å². The van der Waals surface area contributed by atoms with E-state index in [1.54, 1.807) is 26.2 Å². The molecular weight excluding hydrogens is 572 g/mol. The van der Waals surface area contributed by atoms with Crippen LogP contribution in [0.1, 0.15) is 60.9 Å². The first-order valence-electron chi connectivity index (χ1n) is 12.9. The summed E-state index contributed by atoms with van der Waals surface area (Å²) >= 11 is 10.00. The summed E-state index contributed by atoms with van der Waals surface area (Å²) in [4.78, 5) is 29.5. The SMILES string of the molecule is CN(C)C(=O)c1ccc(OCC[C@@H]2CC23CCN(C(=O)C2(c4ccccc4Br)CCC2)CC3)cc1Cl.S. The van der Waals surface area contributed by atoms with Gasteiger partial charge < -0.3 is 14.5 Å². The van der Waals surface area contributed by atoms with Crippen molar-refractivity contribution in [1.29, 1.82) is 0 Å². The van der Waals surface area contributed by atoms with Gasteiger partial charge in [-0.2, -0.15) is 13.5 Å². The zero-order valence-electron chi connectivity index (χ0n) is 21.6. The fourth-order valence-corrected chi connectivity index (χ4v) is 7.12. The maximum atomic E-state index is 13.7. The summed E-state index contributed by atoms with van der Waals surface area (Å²) in [6, 6.07) is 13.5. The maximum Gasteiger partial charge on any atom is 0.254 e. The van der Waals surface area contributed by atoms with Crippen molar-refractivity contribution in [3.63, 3.8) is 0 Å². The summed E-state index contributed by atoms with van der Waals surface area (Å²) in [7, 11) is 3.42. The highest BCUT2D eigenvalue weighted by atomic mass is 79.9. The van der Waals surface area contributed by atoms with E-state index in [1.807, 2.05) is 18.2 Å². The van der Waals surface area contributed by atoms with Crippen molar-refractivity contribution in [2.75, 3.05) is 33.8 Å². The Hall–Kier alpha value is -1.70. The smallest absolute Gasteiger partial charge is 0.254 e. The molecule has 0 N–H and O–H groups in total. The van der Waals surface area contributed by atoms with E-state index >= 15 is 0 Å². The number of piperidine rings is 1. The first-order valence-corrected chi connectivity index (χ1v) is 14.1.